The van der Waals surface area contributed by atoms with Gasteiger partial charge in [-0.2, -0.15) is 0 Å². The molecule has 1 aliphatic rings. The summed E-state index contributed by atoms with van der Waals surface area (Å²) in [6.07, 6.45) is 2.06. The highest BCUT2D eigenvalue weighted by Crippen LogP contribution is 2.33. The van der Waals surface area contributed by atoms with Gasteiger partial charge in [-0.15, -0.1) is 11.3 Å². The van der Waals surface area contributed by atoms with Gasteiger partial charge in [-0.05, 0) is 45.8 Å². The van der Waals surface area contributed by atoms with Crippen LogP contribution in [0.4, 0.5) is 9.18 Å². The molecule has 0 radical (unpaired) electrons. The molecule has 0 spiro atoms. The number of hydrogen-bond donors (Lipinski definition) is 1. The molecule has 2 heterocycles. The van der Waals surface area contributed by atoms with Gasteiger partial charge in [-0.3, -0.25) is 4.79 Å². The molecule has 7 heteroatoms. The monoisotopic (exact) mass is 340 g/mol. The number of thiophene rings is 1. The van der Waals surface area contributed by atoms with Crippen molar-refractivity contribution in [3.05, 3.63) is 27.7 Å². The molecule has 23 heavy (non-hydrogen) atoms. The van der Waals surface area contributed by atoms with Crippen LogP contribution < -0.4 is 5.73 Å². The summed E-state index contributed by atoms with van der Waals surface area (Å²) in [6, 6.07) is 1.25. The number of ether oxygens (including phenoxy) is 1. The maximum atomic E-state index is 13.7. The normalized spacial score (nSPS) is 18.6. The Kier molecular flexibility index (Phi) is 4.79. The molecule has 1 aliphatic heterocycles. The summed E-state index contributed by atoms with van der Waals surface area (Å²) in [5, 5.41) is 0. The molecule has 2 rings (SSSR count). The van der Waals surface area contributed by atoms with E-state index in [1.54, 1.807) is 4.90 Å². The van der Waals surface area contributed by atoms with Crippen molar-refractivity contribution in [2.75, 3.05) is 6.54 Å². The van der Waals surface area contributed by atoms with Gasteiger partial charge in [0.25, 0.3) is 5.91 Å². The van der Waals surface area contributed by atoms with E-state index < -0.39 is 17.3 Å². The first kappa shape index (κ1) is 17.5. The quantitative estimate of drug-likeness (QED) is 0.897. The minimum absolute atomic E-state index is 0.0666. The summed E-state index contributed by atoms with van der Waals surface area (Å²) in [5.41, 5.74) is 5.51. The Morgan fingerprint density at radius 3 is 2.57 bits per heavy atom. The zero-order valence-corrected chi connectivity index (χ0v) is 14.5. The van der Waals surface area contributed by atoms with E-state index in [2.05, 4.69) is 0 Å². The van der Waals surface area contributed by atoms with Gasteiger partial charge in [0, 0.05) is 17.5 Å². The van der Waals surface area contributed by atoms with Gasteiger partial charge in [0.1, 0.15) is 16.3 Å². The second kappa shape index (κ2) is 6.31. The van der Waals surface area contributed by atoms with Crippen molar-refractivity contribution in [2.24, 2.45) is 5.73 Å². The van der Waals surface area contributed by atoms with Crippen molar-refractivity contribution in [2.45, 2.75) is 45.8 Å². The third-order valence-electron chi connectivity index (χ3n) is 3.44. The van der Waals surface area contributed by atoms with Crippen LogP contribution in [0.5, 0.6) is 0 Å². The average Bonchev–Trinajstić information content (AvgIpc) is 2.78. The van der Waals surface area contributed by atoms with Crippen molar-refractivity contribution < 1.29 is 18.7 Å². The van der Waals surface area contributed by atoms with Gasteiger partial charge in [0.2, 0.25) is 0 Å². The van der Waals surface area contributed by atoms with Crippen LogP contribution in [0.1, 0.15) is 48.7 Å². The zero-order valence-electron chi connectivity index (χ0n) is 13.7. The minimum atomic E-state index is -0.765. The number of nitrogens with zero attached hydrogens (tertiary/aromatic N) is 1. The molecule has 1 aromatic rings. The van der Waals surface area contributed by atoms with Gasteiger partial charge >= 0.3 is 6.09 Å². The van der Waals surface area contributed by atoms with Crippen molar-refractivity contribution in [1.82, 2.24) is 4.90 Å². The number of hydrogen-bond acceptors (Lipinski definition) is 4. The summed E-state index contributed by atoms with van der Waals surface area (Å²) in [7, 11) is 0. The number of carbonyl (C=O) groups is 2. The van der Waals surface area contributed by atoms with E-state index >= 15 is 0 Å². The zero-order chi connectivity index (χ0) is 17.4. The number of carbonyl (C=O) groups excluding carboxylic acids is 2. The lowest BCUT2D eigenvalue weighted by Crippen LogP contribution is -2.44. The van der Waals surface area contributed by atoms with Crippen LogP contribution in [-0.2, 0) is 4.74 Å². The molecule has 5 nitrogen and oxygen atoms in total. The molecule has 0 bridgehead atoms. The van der Waals surface area contributed by atoms with Crippen LogP contribution in [0.3, 0.4) is 0 Å². The predicted molar refractivity (Wildman–Crippen MR) is 87.8 cm³/mol. The standard InChI is InChI=1S/C16H21FN2O3S/c1-9-7-10(12-8-11(17)13(23-12)14(18)20)5-6-19(9)15(21)22-16(2,3)4/h5,8-9H,6-7H2,1-4H3,(H2,18,20). The molecule has 2 N–H and O–H groups in total. The highest BCUT2D eigenvalue weighted by Gasteiger charge is 2.29. The lowest BCUT2D eigenvalue weighted by atomic mass is 10.0. The van der Waals surface area contributed by atoms with Gasteiger partial charge in [0.15, 0.2) is 0 Å². The Morgan fingerprint density at radius 1 is 1.43 bits per heavy atom. The third-order valence-corrected chi connectivity index (χ3v) is 4.64. The second-order valence-corrected chi connectivity index (χ2v) is 7.62. The largest absolute Gasteiger partial charge is 0.444 e. The Labute approximate surface area is 138 Å². The molecule has 126 valence electrons. The summed E-state index contributed by atoms with van der Waals surface area (Å²) < 4.78 is 19.1. The summed E-state index contributed by atoms with van der Waals surface area (Å²) in [5.74, 6) is -1.36. The summed E-state index contributed by atoms with van der Waals surface area (Å²) in [6.45, 7) is 7.76. The lowest BCUT2D eigenvalue weighted by molar-refractivity contribution is 0.0199. The fourth-order valence-electron chi connectivity index (χ4n) is 2.37. The first-order valence-corrected chi connectivity index (χ1v) is 8.18. The van der Waals surface area contributed by atoms with Crippen molar-refractivity contribution in [1.29, 1.82) is 0 Å². The number of nitrogens with two attached hydrogens (primary N) is 1. The molecule has 1 aromatic heterocycles. The van der Waals surface area contributed by atoms with E-state index in [1.807, 2.05) is 33.8 Å². The second-order valence-electron chi connectivity index (χ2n) is 6.57. The number of rotatable bonds is 2. The van der Waals surface area contributed by atoms with E-state index in [1.165, 1.54) is 6.07 Å². The van der Waals surface area contributed by atoms with Gasteiger partial charge < -0.3 is 15.4 Å². The lowest BCUT2D eigenvalue weighted by Gasteiger charge is -2.34. The Bertz CT molecular complexity index is 661. The van der Waals surface area contributed by atoms with E-state index in [4.69, 9.17) is 10.5 Å². The fraction of sp³-hybridized carbons (Fsp3) is 0.500. The molecule has 1 atom stereocenters. The average molecular weight is 340 g/mol. The van der Waals surface area contributed by atoms with Crippen LogP contribution in [-0.4, -0.2) is 35.1 Å². The maximum Gasteiger partial charge on any atom is 0.410 e. The molecular weight excluding hydrogens is 319 g/mol. The minimum Gasteiger partial charge on any atom is -0.444 e. The van der Waals surface area contributed by atoms with Crippen LogP contribution in [0.15, 0.2) is 12.1 Å². The van der Waals surface area contributed by atoms with Crippen LogP contribution >= 0.6 is 11.3 Å². The predicted octanol–water partition coefficient (Wildman–Crippen LogP) is 3.40. The van der Waals surface area contributed by atoms with Gasteiger partial charge in [-0.1, -0.05) is 6.08 Å². The fourth-order valence-corrected chi connectivity index (χ4v) is 3.31. The first-order chi connectivity index (χ1) is 10.6. The van der Waals surface area contributed by atoms with Crippen molar-refractivity contribution >= 4 is 28.9 Å². The van der Waals surface area contributed by atoms with Crippen LogP contribution in [0.2, 0.25) is 0 Å². The van der Waals surface area contributed by atoms with E-state index in [-0.39, 0.29) is 17.0 Å². The maximum absolute atomic E-state index is 13.7. The summed E-state index contributed by atoms with van der Waals surface area (Å²) in [4.78, 5) is 25.6. The van der Waals surface area contributed by atoms with E-state index in [9.17, 15) is 14.0 Å². The number of halogens is 1. The highest BCUT2D eigenvalue weighted by atomic mass is 32.1. The number of amides is 2. The third kappa shape index (κ3) is 4.10. The Balaban J connectivity index is 2.16. The molecule has 0 saturated heterocycles. The molecule has 2 amide bonds. The summed E-state index contributed by atoms with van der Waals surface area (Å²) >= 11 is 1.04. The van der Waals surface area contributed by atoms with Gasteiger partial charge in [0.05, 0.1) is 0 Å². The molecule has 1 unspecified atom stereocenters. The van der Waals surface area contributed by atoms with Crippen LogP contribution in [0.25, 0.3) is 5.57 Å². The van der Waals surface area contributed by atoms with Gasteiger partial charge in [-0.25, -0.2) is 9.18 Å². The number of primary amides is 1. The SMILES string of the molecule is CC1CC(c2cc(F)c(C(N)=O)s2)=CCN1C(=O)OC(C)(C)C. The topological polar surface area (TPSA) is 72.6 Å². The van der Waals surface area contributed by atoms with Crippen molar-refractivity contribution in [3.8, 4) is 0 Å². The molecule has 0 fully saturated rings. The van der Waals surface area contributed by atoms with Crippen molar-refractivity contribution in [3.63, 3.8) is 0 Å². The van der Waals surface area contributed by atoms with E-state index in [0.717, 1.165) is 16.9 Å². The Hall–Kier alpha value is -1.89. The molecule has 0 saturated carbocycles. The smallest absolute Gasteiger partial charge is 0.410 e. The van der Waals surface area contributed by atoms with Crippen LogP contribution in [0, 0.1) is 5.82 Å². The van der Waals surface area contributed by atoms with E-state index in [0.29, 0.717) is 17.8 Å². The first-order valence-electron chi connectivity index (χ1n) is 7.36. The Morgan fingerprint density at radius 2 is 2.09 bits per heavy atom. The highest BCUT2D eigenvalue weighted by molar-refractivity contribution is 7.15. The molecule has 0 aliphatic carbocycles. The molecule has 0 aromatic carbocycles. The molecular formula is C16H21FN2O3S.